The minimum Gasteiger partial charge on any atom is -0.395 e. The Balaban J connectivity index is 2.42. The molecule has 0 N–H and O–H groups in total. The molecular formula is C12H14F2NO. The van der Waals surface area contributed by atoms with Crippen molar-refractivity contribution in [1.82, 2.24) is 0 Å². The van der Waals surface area contributed by atoms with Gasteiger partial charge in [0.25, 0.3) is 6.43 Å². The van der Waals surface area contributed by atoms with Gasteiger partial charge in [0.1, 0.15) is 12.8 Å². The van der Waals surface area contributed by atoms with E-state index in [4.69, 9.17) is 4.84 Å². The molecule has 0 amide bonds. The molecule has 2 nitrogen and oxygen atoms in total. The standard InChI is InChI=1S/C12H14F2NO/c1-2-3-8-16-15-9-10-4-6-11(7-5-10)12(13)14/h4-7,12H,2-3,8H2,1H3. The molecule has 1 aromatic rings. The van der Waals surface area contributed by atoms with Crippen molar-refractivity contribution in [1.29, 1.82) is 0 Å². The Morgan fingerprint density at radius 3 is 2.56 bits per heavy atom. The first-order valence-electron chi connectivity index (χ1n) is 5.20. The smallest absolute Gasteiger partial charge is 0.263 e. The Morgan fingerprint density at radius 2 is 2.00 bits per heavy atom. The van der Waals surface area contributed by atoms with Gasteiger partial charge in [0.05, 0.1) is 0 Å². The van der Waals surface area contributed by atoms with E-state index in [0.29, 0.717) is 12.2 Å². The highest BCUT2D eigenvalue weighted by molar-refractivity contribution is 5.79. The molecule has 0 heterocycles. The van der Waals surface area contributed by atoms with Crippen LogP contribution >= 0.6 is 0 Å². The van der Waals surface area contributed by atoms with E-state index in [0.717, 1.165) is 12.8 Å². The van der Waals surface area contributed by atoms with Gasteiger partial charge in [-0.2, -0.15) is 0 Å². The summed E-state index contributed by atoms with van der Waals surface area (Å²) in [5.74, 6) is 0. The summed E-state index contributed by atoms with van der Waals surface area (Å²) in [6.45, 7) is 2.61. The predicted molar refractivity (Wildman–Crippen MR) is 58.8 cm³/mol. The summed E-state index contributed by atoms with van der Waals surface area (Å²) in [5, 5.41) is 3.62. The van der Waals surface area contributed by atoms with Crippen molar-refractivity contribution < 1.29 is 13.6 Å². The highest BCUT2D eigenvalue weighted by Gasteiger charge is 2.04. The van der Waals surface area contributed by atoms with Gasteiger partial charge in [0.15, 0.2) is 0 Å². The molecule has 0 aliphatic rings. The fraction of sp³-hybridized carbons (Fsp3) is 0.417. The lowest BCUT2D eigenvalue weighted by molar-refractivity contribution is 0.143. The van der Waals surface area contributed by atoms with Crippen molar-refractivity contribution in [2.24, 2.45) is 5.16 Å². The zero-order valence-electron chi connectivity index (χ0n) is 9.12. The molecular weight excluding hydrogens is 212 g/mol. The van der Waals surface area contributed by atoms with Crippen molar-refractivity contribution in [3.8, 4) is 0 Å². The Labute approximate surface area is 93.9 Å². The van der Waals surface area contributed by atoms with Crippen LogP contribution in [0.1, 0.15) is 37.3 Å². The lowest BCUT2D eigenvalue weighted by Gasteiger charge is -1.99. The van der Waals surface area contributed by atoms with Gasteiger partial charge in [-0.25, -0.2) is 8.78 Å². The SMILES string of the molecule is CCCCO/N=[C]\c1ccc(C(F)F)cc1. The second kappa shape index (κ2) is 6.93. The van der Waals surface area contributed by atoms with Crippen LogP contribution in [0, 0.1) is 0 Å². The highest BCUT2D eigenvalue weighted by Crippen LogP contribution is 2.18. The third kappa shape index (κ3) is 4.38. The summed E-state index contributed by atoms with van der Waals surface area (Å²) < 4.78 is 24.4. The van der Waals surface area contributed by atoms with Crippen molar-refractivity contribution in [3.63, 3.8) is 0 Å². The number of rotatable bonds is 6. The van der Waals surface area contributed by atoms with Gasteiger partial charge < -0.3 is 4.84 Å². The normalized spacial score (nSPS) is 11.2. The third-order valence-corrected chi connectivity index (χ3v) is 1.99. The summed E-state index contributed by atoms with van der Waals surface area (Å²) in [6, 6.07) is 5.78. The van der Waals surface area contributed by atoms with E-state index >= 15 is 0 Å². The topological polar surface area (TPSA) is 21.6 Å². The van der Waals surface area contributed by atoms with Gasteiger partial charge in [0, 0.05) is 11.1 Å². The summed E-state index contributed by atoms with van der Waals surface area (Å²) >= 11 is 0. The van der Waals surface area contributed by atoms with E-state index in [2.05, 4.69) is 18.3 Å². The molecule has 0 aromatic heterocycles. The quantitative estimate of drug-likeness (QED) is 0.412. The van der Waals surface area contributed by atoms with Crippen molar-refractivity contribution >= 4 is 6.21 Å². The first-order chi connectivity index (χ1) is 7.74. The van der Waals surface area contributed by atoms with E-state index in [1.54, 1.807) is 0 Å². The van der Waals surface area contributed by atoms with E-state index in [9.17, 15) is 8.78 Å². The summed E-state index contributed by atoms with van der Waals surface area (Å²) in [4.78, 5) is 4.92. The van der Waals surface area contributed by atoms with Crippen LogP contribution in [-0.2, 0) is 4.84 Å². The van der Waals surface area contributed by atoms with Gasteiger partial charge in [-0.15, -0.1) is 0 Å². The molecule has 0 aliphatic carbocycles. The molecule has 0 fully saturated rings. The Kier molecular flexibility index (Phi) is 5.46. The molecule has 1 rings (SSSR count). The van der Waals surface area contributed by atoms with Gasteiger partial charge in [0.2, 0.25) is 0 Å². The van der Waals surface area contributed by atoms with E-state index in [-0.39, 0.29) is 5.56 Å². The summed E-state index contributed by atoms with van der Waals surface area (Å²) in [6.07, 6.45) is 2.17. The Hall–Kier alpha value is -1.45. The van der Waals surface area contributed by atoms with E-state index in [1.165, 1.54) is 24.3 Å². The molecule has 0 bridgehead atoms. The molecule has 1 radical (unpaired) electrons. The Bertz CT molecular complexity index is 322. The molecule has 0 atom stereocenters. The van der Waals surface area contributed by atoms with Crippen LogP contribution in [0.3, 0.4) is 0 Å². The number of benzene rings is 1. The van der Waals surface area contributed by atoms with Gasteiger partial charge in [-0.1, -0.05) is 42.8 Å². The van der Waals surface area contributed by atoms with Crippen LogP contribution in [0.15, 0.2) is 29.4 Å². The summed E-state index contributed by atoms with van der Waals surface area (Å²) in [5.41, 5.74) is 0.623. The number of halogens is 2. The van der Waals surface area contributed by atoms with Gasteiger partial charge >= 0.3 is 0 Å². The first-order valence-corrected chi connectivity index (χ1v) is 5.20. The van der Waals surface area contributed by atoms with Crippen LogP contribution in [0.25, 0.3) is 0 Å². The number of alkyl halides is 2. The van der Waals surface area contributed by atoms with Crippen molar-refractivity contribution in [2.75, 3.05) is 6.61 Å². The van der Waals surface area contributed by atoms with Crippen LogP contribution in [0.2, 0.25) is 0 Å². The average molecular weight is 226 g/mol. The van der Waals surface area contributed by atoms with Crippen molar-refractivity contribution in [2.45, 2.75) is 26.2 Å². The second-order valence-corrected chi connectivity index (χ2v) is 3.31. The fourth-order valence-corrected chi connectivity index (χ4v) is 1.04. The Morgan fingerprint density at radius 1 is 1.31 bits per heavy atom. The van der Waals surface area contributed by atoms with Crippen LogP contribution < -0.4 is 0 Å². The molecule has 87 valence electrons. The largest absolute Gasteiger partial charge is 0.395 e. The zero-order chi connectivity index (χ0) is 11.8. The molecule has 16 heavy (non-hydrogen) atoms. The van der Waals surface area contributed by atoms with Gasteiger partial charge in [-0.3, -0.25) is 0 Å². The molecule has 1 aromatic carbocycles. The number of nitrogens with zero attached hydrogens (tertiary/aromatic N) is 1. The van der Waals surface area contributed by atoms with Crippen molar-refractivity contribution in [3.05, 3.63) is 35.4 Å². The van der Waals surface area contributed by atoms with Crippen LogP contribution in [0.5, 0.6) is 0 Å². The molecule has 4 heteroatoms. The lowest BCUT2D eigenvalue weighted by Crippen LogP contribution is -1.89. The molecule has 0 spiro atoms. The van der Waals surface area contributed by atoms with E-state index in [1.807, 2.05) is 0 Å². The molecule has 0 saturated carbocycles. The zero-order valence-corrected chi connectivity index (χ0v) is 9.12. The second-order valence-electron chi connectivity index (χ2n) is 3.31. The highest BCUT2D eigenvalue weighted by atomic mass is 19.3. The maximum atomic E-state index is 12.2. The van der Waals surface area contributed by atoms with E-state index < -0.39 is 6.43 Å². The predicted octanol–water partition coefficient (Wildman–Crippen LogP) is 3.65. The lowest BCUT2D eigenvalue weighted by atomic mass is 10.1. The number of hydrogen-bond acceptors (Lipinski definition) is 2. The third-order valence-electron chi connectivity index (χ3n) is 1.99. The molecule has 0 unspecified atom stereocenters. The monoisotopic (exact) mass is 226 g/mol. The number of unbranched alkanes of at least 4 members (excludes halogenated alkanes) is 1. The first kappa shape index (κ1) is 12.6. The maximum absolute atomic E-state index is 12.2. The average Bonchev–Trinajstić information content (AvgIpc) is 2.29. The fourth-order valence-electron chi connectivity index (χ4n) is 1.04. The summed E-state index contributed by atoms with van der Waals surface area (Å²) in [7, 11) is 0. The minimum absolute atomic E-state index is 0.00236. The minimum atomic E-state index is -2.44. The number of hydrogen-bond donors (Lipinski definition) is 0. The van der Waals surface area contributed by atoms with Gasteiger partial charge in [-0.05, 0) is 6.42 Å². The maximum Gasteiger partial charge on any atom is 0.263 e. The molecule has 0 aliphatic heterocycles. The van der Waals surface area contributed by atoms with Crippen LogP contribution in [0.4, 0.5) is 8.78 Å². The molecule has 0 saturated heterocycles. The van der Waals surface area contributed by atoms with Crippen LogP contribution in [-0.4, -0.2) is 12.8 Å².